The van der Waals surface area contributed by atoms with Crippen molar-refractivity contribution in [1.82, 2.24) is 21.3 Å². The second kappa shape index (κ2) is 12.4. The molecule has 2 aromatic carbocycles. The molecule has 1 amide bonds. The Morgan fingerprint density at radius 1 is 1.13 bits per heavy atom. The molecule has 12 nitrogen and oxygen atoms in total. The fourth-order valence-corrected chi connectivity index (χ4v) is 3.69. The van der Waals surface area contributed by atoms with Crippen LogP contribution in [0.4, 0.5) is 5.69 Å². The highest BCUT2D eigenvalue weighted by atomic mass is 16.7. The fourth-order valence-electron chi connectivity index (χ4n) is 3.69. The zero-order valence-electron chi connectivity index (χ0n) is 20.4. The molecule has 0 saturated carbocycles. The van der Waals surface area contributed by atoms with E-state index in [1.165, 1.54) is 18.2 Å². The quantitative estimate of drug-likeness (QED) is 0.143. The minimum atomic E-state index is -0.872. The molecule has 2 aromatic heterocycles. The maximum Gasteiger partial charge on any atom is 0.394 e. The first-order chi connectivity index (χ1) is 18.4. The van der Waals surface area contributed by atoms with E-state index in [1.807, 2.05) is 18.3 Å². The number of nitrogens with one attached hydrogen (secondary N) is 3. The van der Waals surface area contributed by atoms with Gasteiger partial charge in [-0.25, -0.2) is 4.79 Å². The Hall–Kier alpha value is -4.81. The van der Waals surface area contributed by atoms with Crippen LogP contribution >= 0.6 is 0 Å². The molecule has 2 heterocycles. The summed E-state index contributed by atoms with van der Waals surface area (Å²) in [4.78, 5) is 44.0. The Labute approximate surface area is 217 Å². The number of aryl methyl sites for hydroxylation is 1. The van der Waals surface area contributed by atoms with Crippen LogP contribution in [0.15, 0.2) is 71.4 Å². The highest BCUT2D eigenvalue weighted by molar-refractivity contribution is 5.98. The molecule has 4 aromatic rings. The van der Waals surface area contributed by atoms with Crippen molar-refractivity contribution >= 4 is 28.5 Å². The molecule has 0 aliphatic carbocycles. The zero-order chi connectivity index (χ0) is 26.9. The number of benzene rings is 2. The van der Waals surface area contributed by atoms with Gasteiger partial charge in [0.15, 0.2) is 0 Å². The maximum absolute atomic E-state index is 12.6. The van der Waals surface area contributed by atoms with Crippen LogP contribution in [-0.4, -0.2) is 34.9 Å². The van der Waals surface area contributed by atoms with Crippen molar-refractivity contribution in [1.29, 1.82) is 0 Å². The summed E-state index contributed by atoms with van der Waals surface area (Å²) in [5, 5.41) is 14.9. The lowest BCUT2D eigenvalue weighted by atomic mass is 10.1. The van der Waals surface area contributed by atoms with E-state index < -0.39 is 16.8 Å². The van der Waals surface area contributed by atoms with Gasteiger partial charge in [0.1, 0.15) is 11.3 Å². The van der Waals surface area contributed by atoms with E-state index in [1.54, 1.807) is 31.3 Å². The van der Waals surface area contributed by atoms with Gasteiger partial charge >= 0.3 is 5.97 Å². The Morgan fingerprint density at radius 3 is 2.76 bits per heavy atom. The number of fused-ring (bicyclic) bond motifs is 1. The SMILES string of the molecule is Cc1c(C(=O)ONNC(=O)c2cccc([N+](=O)[O-])c2)oc2cccc(OCCCNCc3cccnc3)c12. The van der Waals surface area contributed by atoms with Crippen LogP contribution in [0.1, 0.15) is 38.5 Å². The molecule has 12 heteroatoms. The summed E-state index contributed by atoms with van der Waals surface area (Å²) in [6.45, 7) is 3.62. The number of non-ortho nitro benzene ring substituents is 1. The number of furan rings is 1. The van der Waals surface area contributed by atoms with Crippen molar-refractivity contribution in [2.45, 2.75) is 19.9 Å². The summed E-state index contributed by atoms with van der Waals surface area (Å²) >= 11 is 0. The van der Waals surface area contributed by atoms with Crippen molar-refractivity contribution in [3.63, 3.8) is 0 Å². The second-order valence-corrected chi connectivity index (χ2v) is 8.18. The minimum absolute atomic E-state index is 0.0109. The first-order valence-corrected chi connectivity index (χ1v) is 11.7. The second-order valence-electron chi connectivity index (χ2n) is 8.18. The molecular formula is C26H25N5O7. The van der Waals surface area contributed by atoms with E-state index in [9.17, 15) is 19.7 Å². The van der Waals surface area contributed by atoms with Gasteiger partial charge in [-0.3, -0.25) is 25.3 Å². The number of hydrazine groups is 1. The third-order valence-electron chi connectivity index (χ3n) is 5.54. The molecule has 0 saturated heterocycles. The number of carbonyl (C=O) groups is 2. The molecule has 3 N–H and O–H groups in total. The number of aromatic nitrogens is 1. The predicted molar refractivity (Wildman–Crippen MR) is 136 cm³/mol. The van der Waals surface area contributed by atoms with Gasteiger partial charge in [-0.2, -0.15) is 0 Å². The van der Waals surface area contributed by atoms with Gasteiger partial charge in [0.25, 0.3) is 11.6 Å². The molecule has 0 bridgehead atoms. The van der Waals surface area contributed by atoms with Gasteiger partial charge < -0.3 is 19.3 Å². The van der Waals surface area contributed by atoms with E-state index >= 15 is 0 Å². The molecule has 0 aliphatic rings. The van der Waals surface area contributed by atoms with Gasteiger partial charge in [0.05, 0.1) is 16.9 Å². The van der Waals surface area contributed by atoms with Crippen LogP contribution in [0, 0.1) is 17.0 Å². The van der Waals surface area contributed by atoms with Crippen molar-refractivity contribution in [3.05, 3.63) is 99.6 Å². The minimum Gasteiger partial charge on any atom is -0.493 e. The summed E-state index contributed by atoms with van der Waals surface area (Å²) in [5.74, 6) is -1.09. The van der Waals surface area contributed by atoms with Gasteiger partial charge in [-0.05, 0) is 49.7 Å². The lowest BCUT2D eigenvalue weighted by Crippen LogP contribution is -2.39. The number of pyridine rings is 1. The summed E-state index contributed by atoms with van der Waals surface area (Å²) in [5.41, 5.74) is 6.05. The normalized spacial score (nSPS) is 10.8. The molecule has 38 heavy (non-hydrogen) atoms. The average Bonchev–Trinajstić information content (AvgIpc) is 3.28. The fraction of sp³-hybridized carbons (Fsp3) is 0.192. The van der Waals surface area contributed by atoms with Crippen LogP contribution in [0.25, 0.3) is 11.0 Å². The first-order valence-electron chi connectivity index (χ1n) is 11.7. The molecule has 0 radical (unpaired) electrons. The van der Waals surface area contributed by atoms with Crippen molar-refractivity contribution in [2.24, 2.45) is 0 Å². The molecule has 0 fully saturated rings. The molecule has 4 rings (SSSR count). The van der Waals surface area contributed by atoms with Gasteiger partial charge in [0.2, 0.25) is 5.76 Å². The van der Waals surface area contributed by atoms with Crippen molar-refractivity contribution in [3.8, 4) is 5.75 Å². The predicted octanol–water partition coefficient (Wildman–Crippen LogP) is 3.61. The maximum atomic E-state index is 12.6. The lowest BCUT2D eigenvalue weighted by Gasteiger charge is -2.09. The van der Waals surface area contributed by atoms with Crippen LogP contribution in [0.3, 0.4) is 0 Å². The van der Waals surface area contributed by atoms with E-state index in [0.29, 0.717) is 28.9 Å². The Morgan fingerprint density at radius 2 is 1.97 bits per heavy atom. The number of carbonyl (C=O) groups excluding carboxylic acids is 2. The van der Waals surface area contributed by atoms with Crippen LogP contribution in [-0.2, 0) is 11.4 Å². The van der Waals surface area contributed by atoms with Gasteiger partial charge in [-0.15, -0.1) is 0 Å². The number of ether oxygens (including phenoxy) is 1. The number of rotatable bonds is 12. The molecule has 0 atom stereocenters. The lowest BCUT2D eigenvalue weighted by molar-refractivity contribution is -0.384. The molecule has 0 spiro atoms. The van der Waals surface area contributed by atoms with E-state index in [2.05, 4.69) is 21.3 Å². The molecule has 0 aliphatic heterocycles. The molecular weight excluding hydrogens is 494 g/mol. The smallest absolute Gasteiger partial charge is 0.394 e. The summed E-state index contributed by atoms with van der Waals surface area (Å²) in [7, 11) is 0. The number of amides is 1. The number of nitro benzene ring substituents is 1. The standard InChI is InChI=1S/C26H25N5O7/c1-17-23-21(36-13-5-12-28-16-18-6-4-11-27-15-18)9-3-10-22(23)37-24(17)26(33)38-30-29-25(32)19-7-2-8-20(14-19)31(34)35/h2-4,6-11,14-15,28,30H,5,12-13,16H2,1H3,(H,29,32). The molecule has 0 unspecified atom stereocenters. The number of nitro groups is 1. The summed E-state index contributed by atoms with van der Waals surface area (Å²) < 4.78 is 11.6. The largest absolute Gasteiger partial charge is 0.493 e. The van der Waals surface area contributed by atoms with Crippen LogP contribution < -0.4 is 21.1 Å². The van der Waals surface area contributed by atoms with E-state index in [-0.39, 0.29) is 17.0 Å². The third kappa shape index (κ3) is 6.49. The van der Waals surface area contributed by atoms with E-state index in [0.717, 1.165) is 31.1 Å². The number of hydrogen-bond donors (Lipinski definition) is 3. The summed E-state index contributed by atoms with van der Waals surface area (Å²) in [6, 6.07) is 14.3. The topological polar surface area (TPSA) is 158 Å². The first kappa shape index (κ1) is 26.3. The number of nitrogens with zero attached hydrogens (tertiary/aromatic N) is 2. The van der Waals surface area contributed by atoms with E-state index in [4.69, 9.17) is 14.0 Å². The zero-order valence-corrected chi connectivity index (χ0v) is 20.4. The Balaban J connectivity index is 1.30. The van der Waals surface area contributed by atoms with Crippen LogP contribution in [0.2, 0.25) is 0 Å². The summed E-state index contributed by atoms with van der Waals surface area (Å²) in [6.07, 6.45) is 4.31. The van der Waals surface area contributed by atoms with Gasteiger partial charge in [-0.1, -0.05) is 23.8 Å². The average molecular weight is 520 g/mol. The van der Waals surface area contributed by atoms with Gasteiger partial charge in [0, 0.05) is 42.2 Å². The Bertz CT molecular complexity index is 1440. The molecule has 196 valence electrons. The third-order valence-corrected chi connectivity index (χ3v) is 5.54. The Kier molecular flexibility index (Phi) is 8.59. The number of hydrogen-bond acceptors (Lipinski definition) is 10. The van der Waals surface area contributed by atoms with Crippen molar-refractivity contribution < 1.29 is 28.5 Å². The highest BCUT2D eigenvalue weighted by Crippen LogP contribution is 2.33. The monoisotopic (exact) mass is 519 g/mol. The van der Waals surface area contributed by atoms with Crippen LogP contribution in [0.5, 0.6) is 5.75 Å². The highest BCUT2D eigenvalue weighted by Gasteiger charge is 2.22. The van der Waals surface area contributed by atoms with Crippen molar-refractivity contribution in [2.75, 3.05) is 13.2 Å².